The Morgan fingerprint density at radius 3 is 2.62 bits per heavy atom. The first kappa shape index (κ1) is 17.2. The maximum Gasteiger partial charge on any atom is 0.412 e. The molecule has 2 aromatic rings. The van der Waals surface area contributed by atoms with Crippen molar-refractivity contribution in [2.75, 3.05) is 5.32 Å². The lowest BCUT2D eigenvalue weighted by Crippen LogP contribution is -2.27. The third-order valence-electron chi connectivity index (χ3n) is 2.84. The van der Waals surface area contributed by atoms with Gasteiger partial charge in [-0.2, -0.15) is 0 Å². The van der Waals surface area contributed by atoms with Crippen LogP contribution in [0.3, 0.4) is 0 Å². The average Bonchev–Trinajstić information content (AvgIpc) is 2.48. The Bertz CT molecular complexity index is 761. The summed E-state index contributed by atoms with van der Waals surface area (Å²) in [6, 6.07) is 8.96. The fourth-order valence-electron chi connectivity index (χ4n) is 1.92. The molecule has 1 amide bonds. The zero-order valence-corrected chi connectivity index (χ0v) is 13.7. The molecule has 0 bridgehead atoms. The summed E-state index contributed by atoms with van der Waals surface area (Å²) in [7, 11) is 0. The highest BCUT2D eigenvalue weighted by molar-refractivity contribution is 5.84. The summed E-state index contributed by atoms with van der Waals surface area (Å²) in [6.45, 7) is 5.42. The van der Waals surface area contributed by atoms with E-state index < -0.39 is 11.7 Å². The van der Waals surface area contributed by atoms with Crippen LogP contribution in [0.1, 0.15) is 32.0 Å². The molecule has 8 nitrogen and oxygen atoms in total. The summed E-state index contributed by atoms with van der Waals surface area (Å²) in [5, 5.41) is 6.13. The van der Waals surface area contributed by atoms with Crippen LogP contribution < -0.4 is 5.32 Å². The minimum Gasteiger partial charge on any atom is -0.444 e. The topological polar surface area (TPSA) is 113 Å². The molecule has 8 heteroatoms. The van der Waals surface area contributed by atoms with Gasteiger partial charge in [0.2, 0.25) is 0 Å². The number of anilines is 1. The first-order valence-electron chi connectivity index (χ1n) is 7.31. The van der Waals surface area contributed by atoms with Gasteiger partial charge in [0.25, 0.3) is 0 Å². The van der Waals surface area contributed by atoms with E-state index >= 15 is 0 Å². The van der Waals surface area contributed by atoms with Crippen molar-refractivity contribution in [3.63, 3.8) is 0 Å². The van der Waals surface area contributed by atoms with Crippen LogP contribution in [-0.4, -0.2) is 21.7 Å². The van der Waals surface area contributed by atoms with Crippen molar-refractivity contribution in [2.24, 2.45) is 5.11 Å². The summed E-state index contributed by atoms with van der Waals surface area (Å²) in [6.07, 6.45) is 1.42. The number of nitrogens with one attached hydrogen (secondary N) is 1. The highest BCUT2D eigenvalue weighted by Gasteiger charge is 2.16. The van der Waals surface area contributed by atoms with Crippen molar-refractivity contribution in [1.82, 2.24) is 9.97 Å². The number of carbonyl (C=O) groups excluding carboxylic acids is 1. The number of carbonyl (C=O) groups is 1. The Hall–Kier alpha value is -3.12. The molecule has 1 heterocycles. The van der Waals surface area contributed by atoms with Gasteiger partial charge in [0.15, 0.2) is 0 Å². The van der Waals surface area contributed by atoms with E-state index in [4.69, 9.17) is 10.3 Å². The summed E-state index contributed by atoms with van der Waals surface area (Å²) in [4.78, 5) is 22.4. The van der Waals surface area contributed by atoms with Crippen molar-refractivity contribution < 1.29 is 9.53 Å². The number of amides is 1. The summed E-state index contributed by atoms with van der Waals surface area (Å²) in [5.41, 5.74) is 10.3. The number of ether oxygens (including phenoxy) is 1. The van der Waals surface area contributed by atoms with Crippen LogP contribution in [0.5, 0.6) is 0 Å². The Kier molecular flexibility index (Phi) is 5.34. The fraction of sp³-hybridized carbons (Fsp3) is 0.312. The summed E-state index contributed by atoms with van der Waals surface area (Å²) in [5.74, 6) is 0.283. The Morgan fingerprint density at radius 2 is 2.00 bits per heavy atom. The van der Waals surface area contributed by atoms with Crippen molar-refractivity contribution in [2.45, 2.75) is 32.8 Å². The van der Waals surface area contributed by atoms with Gasteiger partial charge in [-0.3, -0.25) is 5.32 Å². The van der Waals surface area contributed by atoms with Gasteiger partial charge in [0, 0.05) is 22.7 Å². The third-order valence-corrected chi connectivity index (χ3v) is 2.84. The predicted molar refractivity (Wildman–Crippen MR) is 89.9 cm³/mol. The lowest BCUT2D eigenvalue weighted by Gasteiger charge is -2.19. The zero-order valence-electron chi connectivity index (χ0n) is 13.7. The summed E-state index contributed by atoms with van der Waals surface area (Å²) < 4.78 is 5.20. The minimum atomic E-state index is -0.541. The monoisotopic (exact) mass is 326 g/mol. The summed E-state index contributed by atoms with van der Waals surface area (Å²) >= 11 is 0. The first-order chi connectivity index (χ1) is 11.4. The van der Waals surface area contributed by atoms with Crippen LogP contribution in [0, 0.1) is 0 Å². The Morgan fingerprint density at radius 1 is 1.29 bits per heavy atom. The number of hydrogen-bond acceptors (Lipinski definition) is 5. The van der Waals surface area contributed by atoms with Crippen LogP contribution in [0.2, 0.25) is 0 Å². The molecule has 2 rings (SSSR count). The van der Waals surface area contributed by atoms with Gasteiger partial charge in [-0.15, -0.1) is 0 Å². The van der Waals surface area contributed by atoms with Gasteiger partial charge in [0.1, 0.15) is 17.7 Å². The van der Waals surface area contributed by atoms with Crippen molar-refractivity contribution >= 4 is 17.6 Å². The van der Waals surface area contributed by atoms with Gasteiger partial charge >= 0.3 is 6.09 Å². The van der Waals surface area contributed by atoms with Crippen LogP contribution in [0.4, 0.5) is 16.3 Å². The smallest absolute Gasteiger partial charge is 0.412 e. The second-order valence-electron chi connectivity index (χ2n) is 6.06. The first-order valence-corrected chi connectivity index (χ1v) is 7.31. The number of aromatic nitrogens is 2. The molecular weight excluding hydrogens is 308 g/mol. The Labute approximate surface area is 139 Å². The SMILES string of the molecule is CC(C)(C)OC(=O)Nc1ccc(Cc2cc(N=[N+]=[N-])ncn2)cc1. The molecule has 0 fully saturated rings. The molecule has 0 aliphatic carbocycles. The number of hydrogen-bond donors (Lipinski definition) is 1. The molecular formula is C16H18N6O2. The van der Waals surface area contributed by atoms with Crippen LogP contribution in [-0.2, 0) is 11.2 Å². The van der Waals surface area contributed by atoms with E-state index in [1.807, 2.05) is 32.9 Å². The molecule has 0 aliphatic heterocycles. The molecule has 1 aromatic heterocycles. The van der Waals surface area contributed by atoms with E-state index in [9.17, 15) is 4.79 Å². The molecule has 124 valence electrons. The molecule has 0 aliphatic rings. The van der Waals surface area contributed by atoms with E-state index in [1.165, 1.54) is 6.33 Å². The highest BCUT2D eigenvalue weighted by atomic mass is 16.6. The second kappa shape index (κ2) is 7.43. The van der Waals surface area contributed by atoms with E-state index in [2.05, 4.69) is 25.3 Å². The normalized spacial score (nSPS) is 10.6. The average molecular weight is 326 g/mol. The highest BCUT2D eigenvalue weighted by Crippen LogP contribution is 2.16. The molecule has 0 spiro atoms. The molecule has 0 atom stereocenters. The van der Waals surface area contributed by atoms with Gasteiger partial charge in [0.05, 0.1) is 0 Å². The lowest BCUT2D eigenvalue weighted by atomic mass is 10.1. The lowest BCUT2D eigenvalue weighted by molar-refractivity contribution is 0.0636. The van der Waals surface area contributed by atoms with Crippen LogP contribution in [0.25, 0.3) is 10.4 Å². The Balaban J connectivity index is 2.00. The molecule has 0 saturated heterocycles. The predicted octanol–water partition coefficient (Wildman–Crippen LogP) is 4.36. The maximum atomic E-state index is 11.7. The van der Waals surface area contributed by atoms with E-state index in [0.717, 1.165) is 11.3 Å². The molecule has 24 heavy (non-hydrogen) atoms. The quantitative estimate of drug-likeness (QED) is 0.511. The van der Waals surface area contributed by atoms with E-state index in [0.29, 0.717) is 12.1 Å². The van der Waals surface area contributed by atoms with Crippen molar-refractivity contribution in [3.8, 4) is 0 Å². The van der Waals surface area contributed by atoms with Gasteiger partial charge < -0.3 is 4.74 Å². The number of nitrogens with zero attached hydrogens (tertiary/aromatic N) is 5. The number of benzene rings is 1. The molecule has 0 unspecified atom stereocenters. The standard InChI is InChI=1S/C16H18N6O2/c1-16(2,3)24-15(23)20-12-6-4-11(5-7-12)8-13-9-14(21-22-17)19-10-18-13/h4-7,9-10H,8H2,1-3H3,(H,20,23). The van der Waals surface area contributed by atoms with Gasteiger partial charge in [-0.1, -0.05) is 12.1 Å². The molecule has 0 radical (unpaired) electrons. The van der Waals surface area contributed by atoms with E-state index in [1.54, 1.807) is 18.2 Å². The maximum absolute atomic E-state index is 11.7. The van der Waals surface area contributed by atoms with E-state index in [-0.39, 0.29) is 5.82 Å². The largest absolute Gasteiger partial charge is 0.444 e. The molecule has 1 aromatic carbocycles. The fourth-order valence-corrected chi connectivity index (χ4v) is 1.92. The second-order valence-corrected chi connectivity index (χ2v) is 6.06. The third kappa shape index (κ3) is 5.58. The van der Waals surface area contributed by atoms with Crippen LogP contribution in [0.15, 0.2) is 41.8 Å². The van der Waals surface area contributed by atoms with Gasteiger partial charge in [-0.05, 0) is 55.2 Å². The number of azide groups is 1. The zero-order chi connectivity index (χ0) is 17.6. The number of rotatable bonds is 4. The molecule has 0 saturated carbocycles. The minimum absolute atomic E-state index is 0.283. The van der Waals surface area contributed by atoms with Crippen molar-refractivity contribution in [1.29, 1.82) is 0 Å². The van der Waals surface area contributed by atoms with Crippen molar-refractivity contribution in [3.05, 3.63) is 58.4 Å². The molecule has 1 N–H and O–H groups in total. The van der Waals surface area contributed by atoms with Gasteiger partial charge in [-0.25, -0.2) is 14.8 Å². The van der Waals surface area contributed by atoms with Crippen LogP contribution >= 0.6 is 0 Å².